The molecule has 1 aliphatic heterocycles. The van der Waals surface area contributed by atoms with Crippen LogP contribution in [0.5, 0.6) is 0 Å². The minimum absolute atomic E-state index is 0.0166. The highest BCUT2D eigenvalue weighted by atomic mass is 79.9. The lowest BCUT2D eigenvalue weighted by molar-refractivity contribution is -0.384. The van der Waals surface area contributed by atoms with Gasteiger partial charge >= 0.3 is 5.69 Å². The first kappa shape index (κ1) is 13.2. The summed E-state index contributed by atoms with van der Waals surface area (Å²) in [6.45, 7) is 3.35. The van der Waals surface area contributed by atoms with Crippen LogP contribution < -0.4 is 5.32 Å². The Labute approximate surface area is 113 Å². The molecule has 0 unspecified atom stereocenters. The first-order valence-electron chi connectivity index (χ1n) is 5.66. The van der Waals surface area contributed by atoms with E-state index in [4.69, 9.17) is 4.74 Å². The van der Waals surface area contributed by atoms with Crippen LogP contribution in [-0.4, -0.2) is 28.7 Å². The van der Waals surface area contributed by atoms with Crippen molar-refractivity contribution in [3.05, 3.63) is 26.9 Å². The Morgan fingerprint density at radius 2 is 2.22 bits per heavy atom. The van der Waals surface area contributed by atoms with Crippen molar-refractivity contribution in [3.63, 3.8) is 0 Å². The molecule has 2 heterocycles. The SMILES string of the molecule is CC1(Nc2ncc(Br)cc2[N+](=O)[O-])CCOCC1. The Bertz CT molecular complexity index is 461. The zero-order chi connectivity index (χ0) is 13.2. The van der Waals surface area contributed by atoms with Gasteiger partial charge in [0.25, 0.3) is 0 Å². The highest BCUT2D eigenvalue weighted by molar-refractivity contribution is 9.10. The van der Waals surface area contributed by atoms with Gasteiger partial charge in [0.15, 0.2) is 0 Å². The lowest BCUT2D eigenvalue weighted by Gasteiger charge is -2.34. The average molecular weight is 316 g/mol. The molecule has 0 amide bonds. The number of nitrogens with zero attached hydrogens (tertiary/aromatic N) is 2. The van der Waals surface area contributed by atoms with Gasteiger partial charge in [-0.05, 0) is 35.7 Å². The second-order valence-corrected chi connectivity index (χ2v) is 5.49. The molecule has 1 fully saturated rings. The van der Waals surface area contributed by atoms with E-state index < -0.39 is 4.92 Å². The Hall–Kier alpha value is -1.21. The lowest BCUT2D eigenvalue weighted by Crippen LogP contribution is -2.41. The maximum absolute atomic E-state index is 11.0. The number of anilines is 1. The molecule has 0 atom stereocenters. The van der Waals surface area contributed by atoms with E-state index in [1.54, 1.807) is 6.20 Å². The van der Waals surface area contributed by atoms with Crippen molar-refractivity contribution in [1.82, 2.24) is 4.98 Å². The Morgan fingerprint density at radius 3 is 2.83 bits per heavy atom. The van der Waals surface area contributed by atoms with Crippen LogP contribution in [-0.2, 0) is 4.74 Å². The van der Waals surface area contributed by atoms with E-state index in [-0.39, 0.29) is 11.2 Å². The molecular weight excluding hydrogens is 302 g/mol. The number of nitrogens with one attached hydrogen (secondary N) is 1. The maximum atomic E-state index is 11.0. The molecule has 0 spiro atoms. The highest BCUT2D eigenvalue weighted by Gasteiger charge is 2.30. The van der Waals surface area contributed by atoms with E-state index >= 15 is 0 Å². The van der Waals surface area contributed by atoms with Crippen LogP contribution in [0.1, 0.15) is 19.8 Å². The highest BCUT2D eigenvalue weighted by Crippen LogP contribution is 2.31. The van der Waals surface area contributed by atoms with Crippen molar-refractivity contribution in [1.29, 1.82) is 0 Å². The second-order valence-electron chi connectivity index (χ2n) is 4.58. The van der Waals surface area contributed by atoms with Crippen LogP contribution in [0.2, 0.25) is 0 Å². The van der Waals surface area contributed by atoms with Gasteiger partial charge in [-0.3, -0.25) is 10.1 Å². The molecule has 6 nitrogen and oxygen atoms in total. The molecule has 0 aromatic carbocycles. The number of ether oxygens (including phenoxy) is 1. The zero-order valence-electron chi connectivity index (χ0n) is 9.98. The van der Waals surface area contributed by atoms with Gasteiger partial charge in [0, 0.05) is 35.5 Å². The van der Waals surface area contributed by atoms with Gasteiger partial charge in [0.1, 0.15) is 0 Å². The van der Waals surface area contributed by atoms with Crippen LogP contribution in [0.15, 0.2) is 16.7 Å². The van der Waals surface area contributed by atoms with Crippen molar-refractivity contribution in [2.45, 2.75) is 25.3 Å². The predicted molar refractivity (Wildman–Crippen MR) is 70.7 cm³/mol. The van der Waals surface area contributed by atoms with Crippen LogP contribution in [0.4, 0.5) is 11.5 Å². The van der Waals surface area contributed by atoms with Crippen LogP contribution in [0, 0.1) is 10.1 Å². The number of hydrogen-bond donors (Lipinski definition) is 1. The summed E-state index contributed by atoms with van der Waals surface area (Å²) in [4.78, 5) is 14.7. The lowest BCUT2D eigenvalue weighted by atomic mass is 9.92. The van der Waals surface area contributed by atoms with Crippen molar-refractivity contribution < 1.29 is 9.66 Å². The van der Waals surface area contributed by atoms with Gasteiger partial charge < -0.3 is 10.1 Å². The Balaban J connectivity index is 2.25. The van der Waals surface area contributed by atoms with Gasteiger partial charge in [-0.25, -0.2) is 4.98 Å². The molecular formula is C11H14BrN3O3. The fourth-order valence-corrected chi connectivity index (χ4v) is 2.22. The van der Waals surface area contributed by atoms with E-state index in [0.717, 1.165) is 12.8 Å². The number of pyridine rings is 1. The van der Waals surface area contributed by atoms with Crippen molar-refractivity contribution in [3.8, 4) is 0 Å². The summed E-state index contributed by atoms with van der Waals surface area (Å²) >= 11 is 3.19. The zero-order valence-corrected chi connectivity index (χ0v) is 11.6. The average Bonchev–Trinajstić information content (AvgIpc) is 2.32. The van der Waals surface area contributed by atoms with Gasteiger partial charge in [-0.2, -0.15) is 0 Å². The normalized spacial score (nSPS) is 18.3. The summed E-state index contributed by atoms with van der Waals surface area (Å²) < 4.78 is 5.89. The third kappa shape index (κ3) is 2.97. The third-order valence-electron chi connectivity index (χ3n) is 3.05. The number of nitro groups is 1. The van der Waals surface area contributed by atoms with Crippen LogP contribution in [0.3, 0.4) is 0 Å². The molecule has 0 radical (unpaired) electrons. The van der Waals surface area contributed by atoms with Crippen LogP contribution >= 0.6 is 15.9 Å². The maximum Gasteiger partial charge on any atom is 0.312 e. The molecule has 2 rings (SSSR count). The number of halogens is 1. The second kappa shape index (κ2) is 5.19. The topological polar surface area (TPSA) is 77.3 Å². The quantitative estimate of drug-likeness (QED) is 0.685. The number of aromatic nitrogens is 1. The molecule has 18 heavy (non-hydrogen) atoms. The van der Waals surface area contributed by atoms with Gasteiger partial charge in [0.2, 0.25) is 5.82 Å². The van der Waals surface area contributed by atoms with E-state index in [1.165, 1.54) is 6.07 Å². The van der Waals surface area contributed by atoms with E-state index in [0.29, 0.717) is 23.5 Å². The largest absolute Gasteiger partial charge is 0.381 e. The molecule has 1 aromatic heterocycles. The summed E-state index contributed by atoms with van der Waals surface area (Å²) in [7, 11) is 0. The first-order chi connectivity index (χ1) is 8.50. The first-order valence-corrected chi connectivity index (χ1v) is 6.45. The molecule has 0 saturated carbocycles. The molecule has 7 heteroatoms. The summed E-state index contributed by atoms with van der Waals surface area (Å²) in [6.07, 6.45) is 3.17. The van der Waals surface area contributed by atoms with Crippen molar-refractivity contribution >= 4 is 27.4 Å². The fraction of sp³-hybridized carbons (Fsp3) is 0.545. The molecule has 98 valence electrons. The van der Waals surface area contributed by atoms with E-state index in [9.17, 15) is 10.1 Å². The van der Waals surface area contributed by atoms with Crippen molar-refractivity contribution in [2.75, 3.05) is 18.5 Å². The van der Waals surface area contributed by atoms with E-state index in [1.807, 2.05) is 6.92 Å². The monoisotopic (exact) mass is 315 g/mol. The summed E-state index contributed by atoms with van der Waals surface area (Å²) in [6, 6.07) is 1.46. The molecule has 1 aromatic rings. The minimum atomic E-state index is -0.428. The summed E-state index contributed by atoms with van der Waals surface area (Å²) in [5.41, 5.74) is -0.221. The van der Waals surface area contributed by atoms with Gasteiger partial charge in [-0.15, -0.1) is 0 Å². The molecule has 0 bridgehead atoms. The van der Waals surface area contributed by atoms with Gasteiger partial charge in [-0.1, -0.05) is 0 Å². The molecule has 1 N–H and O–H groups in total. The number of hydrogen-bond acceptors (Lipinski definition) is 5. The minimum Gasteiger partial charge on any atom is -0.381 e. The van der Waals surface area contributed by atoms with Crippen molar-refractivity contribution in [2.24, 2.45) is 0 Å². The molecule has 1 saturated heterocycles. The van der Waals surface area contributed by atoms with E-state index in [2.05, 4.69) is 26.2 Å². The summed E-state index contributed by atoms with van der Waals surface area (Å²) in [5, 5.41) is 14.2. The molecule has 0 aliphatic carbocycles. The Morgan fingerprint density at radius 1 is 1.56 bits per heavy atom. The Kier molecular flexibility index (Phi) is 3.82. The van der Waals surface area contributed by atoms with Gasteiger partial charge in [0.05, 0.1) is 4.92 Å². The smallest absolute Gasteiger partial charge is 0.312 e. The molecule has 1 aliphatic rings. The fourth-order valence-electron chi connectivity index (χ4n) is 1.90. The van der Waals surface area contributed by atoms with Crippen LogP contribution in [0.25, 0.3) is 0 Å². The number of rotatable bonds is 3. The predicted octanol–water partition coefficient (Wildman–Crippen LogP) is 2.73. The standard InChI is InChI=1S/C11H14BrN3O3/c1-11(2-4-18-5-3-11)14-10-9(15(16)17)6-8(12)7-13-10/h6-7H,2-5H2,1H3,(H,13,14). The third-order valence-corrected chi connectivity index (χ3v) is 3.48. The summed E-state index contributed by atoms with van der Waals surface area (Å²) in [5.74, 6) is 0.313.